The Morgan fingerprint density at radius 2 is 2.04 bits per heavy atom. The largest absolute Gasteiger partial charge is 0.508 e. The molecule has 0 aliphatic heterocycles. The van der Waals surface area contributed by atoms with E-state index in [4.69, 9.17) is 4.74 Å². The van der Waals surface area contributed by atoms with Crippen LogP contribution < -0.4 is 0 Å². The fraction of sp³-hybridized carbons (Fsp3) is 0.700. The summed E-state index contributed by atoms with van der Waals surface area (Å²) in [5.41, 5.74) is 2.81. The molecule has 126 valence electrons. The Hall–Kier alpha value is -1.06. The molecule has 0 aromatic heterocycles. The maximum Gasteiger partial charge on any atom is 0.115 e. The van der Waals surface area contributed by atoms with E-state index in [0.29, 0.717) is 36.0 Å². The lowest BCUT2D eigenvalue weighted by molar-refractivity contribution is -0.0273. The van der Waals surface area contributed by atoms with Gasteiger partial charge in [-0.2, -0.15) is 0 Å². The molecule has 1 aromatic rings. The van der Waals surface area contributed by atoms with Gasteiger partial charge in [0.05, 0.1) is 12.7 Å². The van der Waals surface area contributed by atoms with E-state index in [1.165, 1.54) is 11.1 Å². The molecule has 2 N–H and O–H groups in total. The maximum atomic E-state index is 10.5. The SMILES string of the molecule is COC[C@H]1C[C@H]2C3CCC(O)[C@@]3(C)CC[C@@H]2c2ccc(O)cc21. The molecular weight excluding hydrogens is 288 g/mol. The number of benzene rings is 1. The van der Waals surface area contributed by atoms with E-state index < -0.39 is 0 Å². The highest BCUT2D eigenvalue weighted by molar-refractivity contribution is 5.42. The molecule has 0 amide bonds. The van der Waals surface area contributed by atoms with Gasteiger partial charge < -0.3 is 14.9 Å². The van der Waals surface area contributed by atoms with Crippen LogP contribution >= 0.6 is 0 Å². The van der Waals surface area contributed by atoms with E-state index in [1.807, 2.05) is 12.1 Å². The third kappa shape index (κ3) is 2.24. The van der Waals surface area contributed by atoms with Gasteiger partial charge in [0.2, 0.25) is 0 Å². The van der Waals surface area contributed by atoms with E-state index in [-0.39, 0.29) is 11.5 Å². The van der Waals surface area contributed by atoms with Gasteiger partial charge in [0.25, 0.3) is 0 Å². The number of methoxy groups -OCH3 is 1. The van der Waals surface area contributed by atoms with E-state index >= 15 is 0 Å². The topological polar surface area (TPSA) is 49.7 Å². The Kier molecular flexibility index (Phi) is 3.69. The molecule has 0 spiro atoms. The predicted octanol–water partition coefficient (Wildman–Crippen LogP) is 3.80. The first-order valence-corrected chi connectivity index (χ1v) is 9.04. The molecule has 0 heterocycles. The number of aliphatic hydroxyl groups excluding tert-OH is 1. The van der Waals surface area contributed by atoms with Gasteiger partial charge in [-0.25, -0.2) is 0 Å². The first-order chi connectivity index (χ1) is 11.0. The molecule has 3 heteroatoms. The third-order valence-electron chi connectivity index (χ3n) is 7.22. The molecule has 23 heavy (non-hydrogen) atoms. The number of fused-ring (bicyclic) bond motifs is 5. The highest BCUT2D eigenvalue weighted by Crippen LogP contribution is 2.62. The summed E-state index contributed by atoms with van der Waals surface area (Å²) in [5.74, 6) is 2.58. The number of aromatic hydroxyl groups is 1. The summed E-state index contributed by atoms with van der Waals surface area (Å²) in [6.45, 7) is 3.02. The summed E-state index contributed by atoms with van der Waals surface area (Å²) in [6, 6.07) is 5.92. The van der Waals surface area contributed by atoms with Crippen LogP contribution in [-0.2, 0) is 4.74 Å². The molecule has 2 unspecified atom stereocenters. The Morgan fingerprint density at radius 3 is 2.83 bits per heavy atom. The molecule has 0 bridgehead atoms. The van der Waals surface area contributed by atoms with Crippen molar-refractivity contribution in [1.29, 1.82) is 0 Å². The molecule has 1 aromatic carbocycles. The second-order valence-electron chi connectivity index (χ2n) is 8.22. The number of ether oxygens (including phenoxy) is 1. The number of hydrogen-bond donors (Lipinski definition) is 2. The van der Waals surface area contributed by atoms with E-state index in [2.05, 4.69) is 13.0 Å². The summed E-state index contributed by atoms with van der Waals surface area (Å²) in [7, 11) is 1.76. The van der Waals surface area contributed by atoms with Crippen LogP contribution in [0.2, 0.25) is 0 Å². The number of hydrogen-bond acceptors (Lipinski definition) is 3. The summed E-state index contributed by atoms with van der Waals surface area (Å²) < 4.78 is 5.48. The highest BCUT2D eigenvalue weighted by Gasteiger charge is 2.55. The third-order valence-corrected chi connectivity index (χ3v) is 7.22. The minimum absolute atomic E-state index is 0.104. The Bertz CT molecular complexity index is 599. The van der Waals surface area contributed by atoms with Gasteiger partial charge in [-0.15, -0.1) is 0 Å². The fourth-order valence-electron chi connectivity index (χ4n) is 6.04. The van der Waals surface area contributed by atoms with E-state index in [1.54, 1.807) is 7.11 Å². The molecule has 3 nitrogen and oxygen atoms in total. The number of phenols is 1. The van der Waals surface area contributed by atoms with Gasteiger partial charge in [-0.3, -0.25) is 0 Å². The minimum atomic E-state index is -0.129. The average molecular weight is 316 g/mol. The molecule has 2 fully saturated rings. The number of phenolic OH excluding ortho intramolecular Hbond substituents is 1. The zero-order valence-electron chi connectivity index (χ0n) is 14.2. The first-order valence-electron chi connectivity index (χ1n) is 9.04. The van der Waals surface area contributed by atoms with Crippen LogP contribution in [0.4, 0.5) is 0 Å². The van der Waals surface area contributed by atoms with Crippen LogP contribution in [0.15, 0.2) is 18.2 Å². The Labute approximate surface area is 138 Å². The van der Waals surface area contributed by atoms with Crippen LogP contribution in [0, 0.1) is 17.3 Å². The minimum Gasteiger partial charge on any atom is -0.508 e. The zero-order chi connectivity index (χ0) is 16.2. The highest BCUT2D eigenvalue weighted by atomic mass is 16.5. The van der Waals surface area contributed by atoms with E-state index in [9.17, 15) is 10.2 Å². The van der Waals surface area contributed by atoms with Crippen molar-refractivity contribution in [1.82, 2.24) is 0 Å². The van der Waals surface area contributed by atoms with Gasteiger partial charge in [-0.05, 0) is 78.5 Å². The molecule has 0 saturated heterocycles. The fourth-order valence-corrected chi connectivity index (χ4v) is 6.04. The summed E-state index contributed by atoms with van der Waals surface area (Å²) in [5, 5.41) is 20.4. The van der Waals surface area contributed by atoms with Crippen molar-refractivity contribution < 1.29 is 14.9 Å². The van der Waals surface area contributed by atoms with Crippen molar-refractivity contribution in [2.75, 3.05) is 13.7 Å². The summed E-state index contributed by atoms with van der Waals surface area (Å²) in [4.78, 5) is 0. The van der Waals surface area contributed by atoms with Crippen LogP contribution in [0.25, 0.3) is 0 Å². The first kappa shape index (κ1) is 15.5. The van der Waals surface area contributed by atoms with Gasteiger partial charge in [0.15, 0.2) is 0 Å². The standard InChI is InChI=1S/C20H28O3/c1-20-8-7-15-14-4-3-13(21)10-16(14)12(11-23-2)9-17(15)18(20)5-6-19(20)22/h3-4,10,12,15,17-19,21-22H,5-9,11H2,1-2H3/t12-,15-,17-,18?,19?,20+/m1/s1. The molecular formula is C20H28O3. The van der Waals surface area contributed by atoms with Gasteiger partial charge in [-0.1, -0.05) is 13.0 Å². The Morgan fingerprint density at radius 1 is 1.22 bits per heavy atom. The van der Waals surface area contributed by atoms with Crippen LogP contribution in [0.5, 0.6) is 5.75 Å². The lowest BCUT2D eigenvalue weighted by Crippen LogP contribution is -2.44. The predicted molar refractivity (Wildman–Crippen MR) is 89.6 cm³/mol. The average Bonchev–Trinajstić information content (AvgIpc) is 2.83. The monoisotopic (exact) mass is 316 g/mol. The molecule has 0 radical (unpaired) electrons. The van der Waals surface area contributed by atoms with Crippen LogP contribution in [0.3, 0.4) is 0 Å². The molecule has 3 aliphatic carbocycles. The van der Waals surface area contributed by atoms with Crippen molar-refractivity contribution in [3.05, 3.63) is 29.3 Å². The quantitative estimate of drug-likeness (QED) is 0.872. The zero-order valence-corrected chi connectivity index (χ0v) is 14.2. The van der Waals surface area contributed by atoms with Crippen molar-refractivity contribution >= 4 is 0 Å². The number of aliphatic hydroxyl groups is 1. The lowest BCUT2D eigenvalue weighted by atomic mass is 9.54. The normalized spacial score (nSPS) is 42.0. The van der Waals surface area contributed by atoms with Crippen molar-refractivity contribution in [2.24, 2.45) is 17.3 Å². The molecule has 4 rings (SSSR count). The summed E-state index contributed by atoms with van der Waals surface area (Å²) >= 11 is 0. The van der Waals surface area contributed by atoms with Crippen LogP contribution in [-0.4, -0.2) is 30.0 Å². The Balaban J connectivity index is 1.74. The smallest absolute Gasteiger partial charge is 0.115 e. The lowest BCUT2D eigenvalue weighted by Gasteiger charge is -2.51. The van der Waals surface area contributed by atoms with Gasteiger partial charge >= 0.3 is 0 Å². The molecule has 3 aliphatic rings. The van der Waals surface area contributed by atoms with Crippen LogP contribution in [0.1, 0.15) is 62.0 Å². The van der Waals surface area contributed by atoms with E-state index in [0.717, 1.165) is 32.1 Å². The van der Waals surface area contributed by atoms with Gasteiger partial charge in [0, 0.05) is 13.0 Å². The molecule has 2 saturated carbocycles. The van der Waals surface area contributed by atoms with Crippen molar-refractivity contribution in [3.8, 4) is 5.75 Å². The second kappa shape index (κ2) is 5.49. The van der Waals surface area contributed by atoms with Crippen molar-refractivity contribution in [3.63, 3.8) is 0 Å². The van der Waals surface area contributed by atoms with Gasteiger partial charge in [0.1, 0.15) is 5.75 Å². The molecule has 6 atom stereocenters. The summed E-state index contributed by atoms with van der Waals surface area (Å²) in [6.07, 6.45) is 5.40. The van der Waals surface area contributed by atoms with Crippen molar-refractivity contribution in [2.45, 2.75) is 57.0 Å². The number of rotatable bonds is 2. The maximum absolute atomic E-state index is 10.5. The second-order valence-corrected chi connectivity index (χ2v) is 8.22.